The Hall–Kier alpha value is -3.47. The number of hydrogen-bond acceptors (Lipinski definition) is 7. The van der Waals surface area contributed by atoms with E-state index in [2.05, 4.69) is 33.3 Å². The number of nitrogens with zero attached hydrogens (tertiary/aromatic N) is 5. The smallest absolute Gasteiger partial charge is 0.349 e. The molecule has 0 spiro atoms. The molecule has 1 saturated carbocycles. The quantitative estimate of drug-likeness (QED) is 0.463. The minimum Gasteiger partial charge on any atom is -0.349 e. The van der Waals surface area contributed by atoms with Crippen molar-refractivity contribution in [3.05, 3.63) is 71.3 Å². The molecule has 0 radical (unpaired) electrons. The minimum atomic E-state index is -4.29. The molecule has 1 aromatic heterocycles. The highest BCUT2D eigenvalue weighted by atomic mass is 32.2. The third-order valence-corrected chi connectivity index (χ3v) is 7.43. The van der Waals surface area contributed by atoms with Gasteiger partial charge in [0.25, 0.3) is 5.91 Å². The molecule has 3 aliphatic rings. The van der Waals surface area contributed by atoms with Crippen molar-refractivity contribution in [3.8, 4) is 0 Å². The molecule has 1 unspecified atom stereocenters. The number of alkyl halides is 3. The summed E-state index contributed by atoms with van der Waals surface area (Å²) in [4.78, 5) is 25.5. The van der Waals surface area contributed by atoms with Gasteiger partial charge in [0.05, 0.1) is 29.7 Å². The molecule has 39 heavy (non-hydrogen) atoms. The number of benzene rings is 1. The van der Waals surface area contributed by atoms with Crippen molar-refractivity contribution in [1.29, 1.82) is 0 Å². The van der Waals surface area contributed by atoms with Crippen LogP contribution in [0.2, 0.25) is 0 Å². The predicted molar refractivity (Wildman–Crippen MR) is 146 cm³/mol. The molecule has 11 heteroatoms. The SMILES string of the molecule is Cc1cc(C2=CC(C)CC=C3C(=NCCC(F)(F)F)CC(Sc4cnccn4)=NN32)ccc1C(=O)NC1CC1. The van der Waals surface area contributed by atoms with Gasteiger partial charge in [-0.25, -0.2) is 9.99 Å². The Morgan fingerprint density at radius 1 is 1.23 bits per heavy atom. The van der Waals surface area contributed by atoms with Crippen LogP contribution in [0.25, 0.3) is 5.70 Å². The van der Waals surface area contributed by atoms with E-state index in [1.54, 1.807) is 23.6 Å². The molecular weight excluding hydrogens is 525 g/mol. The van der Waals surface area contributed by atoms with Crippen LogP contribution in [-0.4, -0.2) is 50.4 Å². The molecule has 7 nitrogen and oxygen atoms in total. The monoisotopic (exact) mass is 554 g/mol. The van der Waals surface area contributed by atoms with Crippen molar-refractivity contribution in [2.45, 2.75) is 63.2 Å². The molecule has 1 atom stereocenters. The largest absolute Gasteiger partial charge is 0.390 e. The fraction of sp³-hybridized carbons (Fsp3) is 0.393. The molecule has 5 rings (SSSR count). The maximum atomic E-state index is 12.9. The summed E-state index contributed by atoms with van der Waals surface area (Å²) in [5.41, 5.74) is 4.35. The number of carbonyl (C=O) groups is 1. The van der Waals surface area contributed by atoms with Crippen LogP contribution < -0.4 is 5.32 Å². The zero-order valence-corrected chi connectivity index (χ0v) is 22.5. The number of rotatable bonds is 6. The van der Waals surface area contributed by atoms with Gasteiger partial charge in [0.2, 0.25) is 0 Å². The number of halogens is 3. The second kappa shape index (κ2) is 11.3. The van der Waals surface area contributed by atoms with Crippen molar-refractivity contribution in [3.63, 3.8) is 0 Å². The molecule has 0 bridgehead atoms. The summed E-state index contributed by atoms with van der Waals surface area (Å²) in [6, 6.07) is 5.95. The molecule has 1 N–H and O–H groups in total. The fourth-order valence-corrected chi connectivity index (χ4v) is 5.21. The first kappa shape index (κ1) is 27.1. The zero-order chi connectivity index (χ0) is 27.6. The molecule has 1 fully saturated rings. The summed E-state index contributed by atoms with van der Waals surface area (Å²) in [5.74, 6) is 0.0713. The van der Waals surface area contributed by atoms with Gasteiger partial charge in [-0.15, -0.1) is 0 Å². The van der Waals surface area contributed by atoms with Crippen molar-refractivity contribution < 1.29 is 18.0 Å². The van der Waals surface area contributed by atoms with Crippen LogP contribution in [0, 0.1) is 12.8 Å². The van der Waals surface area contributed by atoms with Gasteiger partial charge in [0.1, 0.15) is 10.1 Å². The van der Waals surface area contributed by atoms with Crippen molar-refractivity contribution in [2.75, 3.05) is 6.54 Å². The van der Waals surface area contributed by atoms with Crippen molar-refractivity contribution in [2.24, 2.45) is 16.0 Å². The first-order chi connectivity index (χ1) is 18.7. The summed E-state index contributed by atoms with van der Waals surface area (Å²) in [5, 5.41) is 11.0. The highest BCUT2D eigenvalue weighted by Gasteiger charge is 2.31. The standard InChI is InChI=1S/C28H29F3N6OS/c1-17-3-8-23-22(33-10-9-28(29,30)31)15-25(39-26-16-32-11-12-34-26)36-37(23)24(13-17)19-4-7-21(18(2)14-19)27(38)35-20-5-6-20/h4,7-8,11-14,16-17,20H,3,5-6,9-10,15H2,1-2H3,(H,35,38). The normalized spacial score (nSPS) is 20.5. The summed E-state index contributed by atoms with van der Waals surface area (Å²) in [7, 11) is 0. The fourth-order valence-electron chi connectivity index (χ4n) is 4.41. The zero-order valence-electron chi connectivity index (χ0n) is 21.7. The van der Waals surface area contributed by atoms with Crippen molar-refractivity contribution in [1.82, 2.24) is 20.3 Å². The van der Waals surface area contributed by atoms with E-state index < -0.39 is 12.6 Å². The van der Waals surface area contributed by atoms with E-state index in [-0.39, 0.29) is 24.4 Å². The number of carbonyl (C=O) groups excluding carboxylic acids is 1. The lowest BCUT2D eigenvalue weighted by atomic mass is 10.00. The summed E-state index contributed by atoms with van der Waals surface area (Å²) in [6.45, 7) is 3.63. The van der Waals surface area contributed by atoms with Crippen LogP contribution in [0.15, 0.2) is 69.8 Å². The van der Waals surface area contributed by atoms with Crippen LogP contribution in [0.5, 0.6) is 0 Å². The number of aliphatic imine (C=N–C) groups is 1. The Kier molecular flexibility index (Phi) is 7.88. The molecule has 1 aromatic carbocycles. The highest BCUT2D eigenvalue weighted by molar-refractivity contribution is 8.14. The maximum Gasteiger partial charge on any atom is 0.390 e. The molecule has 3 heterocycles. The molecule has 0 saturated heterocycles. The Labute approximate surface area is 229 Å². The van der Waals surface area contributed by atoms with Crippen LogP contribution in [0.1, 0.15) is 60.5 Å². The van der Waals surface area contributed by atoms with Gasteiger partial charge in [-0.3, -0.25) is 14.8 Å². The number of hydrazone groups is 1. The van der Waals surface area contributed by atoms with Gasteiger partial charge in [-0.2, -0.15) is 18.3 Å². The number of nitrogens with one attached hydrogen (secondary N) is 1. The lowest BCUT2D eigenvalue weighted by Crippen LogP contribution is -2.29. The van der Waals surface area contributed by atoms with Gasteiger partial charge in [-0.1, -0.05) is 36.9 Å². The first-order valence-corrected chi connectivity index (χ1v) is 13.7. The first-order valence-electron chi connectivity index (χ1n) is 12.9. The number of thioether (sulfide) groups is 1. The van der Waals surface area contributed by atoms with Gasteiger partial charge >= 0.3 is 6.18 Å². The molecular formula is C28H29F3N6OS. The molecule has 1 aliphatic carbocycles. The minimum absolute atomic E-state index is 0.0805. The summed E-state index contributed by atoms with van der Waals surface area (Å²) < 4.78 is 38.8. The molecule has 1 amide bonds. The average molecular weight is 555 g/mol. The Bertz CT molecular complexity index is 1370. The number of hydrogen-bond donors (Lipinski definition) is 1. The van der Waals surface area contributed by atoms with Crippen LogP contribution >= 0.6 is 11.8 Å². The molecule has 204 valence electrons. The second-order valence-electron chi connectivity index (χ2n) is 9.95. The van der Waals surface area contributed by atoms with Crippen molar-refractivity contribution >= 4 is 34.1 Å². The van der Waals surface area contributed by atoms with Crippen LogP contribution in [0.3, 0.4) is 0 Å². The second-order valence-corrected chi connectivity index (χ2v) is 11.0. The van der Waals surface area contributed by atoms with E-state index in [4.69, 9.17) is 5.10 Å². The molecule has 2 aromatic rings. The highest BCUT2D eigenvalue weighted by Crippen LogP contribution is 2.37. The topological polar surface area (TPSA) is 82.8 Å². The Morgan fingerprint density at radius 2 is 2.05 bits per heavy atom. The third-order valence-electron chi connectivity index (χ3n) is 6.55. The van der Waals surface area contributed by atoms with E-state index >= 15 is 0 Å². The van der Waals surface area contributed by atoms with E-state index in [1.165, 1.54) is 11.8 Å². The van der Waals surface area contributed by atoms with Gasteiger partial charge in [-0.05, 0) is 49.8 Å². The van der Waals surface area contributed by atoms with Gasteiger partial charge in [0, 0.05) is 42.5 Å². The molecule has 2 aliphatic heterocycles. The predicted octanol–water partition coefficient (Wildman–Crippen LogP) is 6.15. The number of fused-ring (bicyclic) bond motifs is 1. The van der Waals surface area contributed by atoms with E-state index in [1.807, 2.05) is 31.2 Å². The van der Waals surface area contributed by atoms with Gasteiger partial charge < -0.3 is 5.32 Å². The lowest BCUT2D eigenvalue weighted by Gasteiger charge is -2.30. The Morgan fingerprint density at radius 3 is 2.74 bits per heavy atom. The summed E-state index contributed by atoms with van der Waals surface area (Å²) in [6.07, 6.45) is 6.61. The lowest BCUT2D eigenvalue weighted by molar-refractivity contribution is -0.132. The van der Waals surface area contributed by atoms with E-state index in [0.29, 0.717) is 39.9 Å². The summed E-state index contributed by atoms with van der Waals surface area (Å²) >= 11 is 1.31. The van der Waals surface area contributed by atoms with Crippen LogP contribution in [-0.2, 0) is 0 Å². The number of allylic oxidation sites excluding steroid dienone is 3. The van der Waals surface area contributed by atoms with Gasteiger partial charge in [0.15, 0.2) is 0 Å². The average Bonchev–Trinajstić information content (AvgIpc) is 3.71. The maximum absolute atomic E-state index is 12.9. The number of amides is 1. The van der Waals surface area contributed by atoms with E-state index in [0.717, 1.165) is 29.7 Å². The van der Waals surface area contributed by atoms with Crippen LogP contribution in [0.4, 0.5) is 13.2 Å². The number of aryl methyl sites for hydroxylation is 1. The Balaban J connectivity index is 1.51. The number of aromatic nitrogens is 2. The van der Waals surface area contributed by atoms with E-state index in [9.17, 15) is 18.0 Å². The third kappa shape index (κ3) is 6.95.